The standard InChI is InChI=1S/C22H15F2N7O/c1-13-4-2-7-20(27-13)31-18(14-8-9-19-25-12-26-30(19)11-14)10-17(29-31)22(32)28-16-6-3-5-15(23)21(16)24/h2-12H,1H3,(H,28,32). The molecule has 0 aliphatic rings. The van der Waals surface area contributed by atoms with Crippen molar-refractivity contribution in [2.45, 2.75) is 6.92 Å². The molecule has 10 heteroatoms. The minimum absolute atomic E-state index is 0.00524. The van der Waals surface area contributed by atoms with E-state index < -0.39 is 17.5 Å². The number of hydrogen-bond acceptors (Lipinski definition) is 5. The fraction of sp³-hybridized carbons (Fsp3) is 0.0455. The average molecular weight is 431 g/mol. The van der Waals surface area contributed by atoms with Crippen LogP contribution in [-0.4, -0.2) is 35.3 Å². The van der Waals surface area contributed by atoms with Crippen LogP contribution in [0.5, 0.6) is 0 Å². The number of aromatic nitrogens is 6. The summed E-state index contributed by atoms with van der Waals surface area (Å²) in [7, 11) is 0. The van der Waals surface area contributed by atoms with Crippen molar-refractivity contribution in [3.05, 3.63) is 90.1 Å². The Kier molecular flexibility index (Phi) is 4.66. The monoisotopic (exact) mass is 431 g/mol. The molecule has 5 rings (SSSR count). The Balaban J connectivity index is 1.60. The largest absolute Gasteiger partial charge is 0.318 e. The van der Waals surface area contributed by atoms with Crippen molar-refractivity contribution in [2.24, 2.45) is 0 Å². The van der Waals surface area contributed by atoms with Gasteiger partial charge in [0.25, 0.3) is 5.91 Å². The summed E-state index contributed by atoms with van der Waals surface area (Å²) in [6.45, 7) is 1.84. The van der Waals surface area contributed by atoms with E-state index in [1.165, 1.54) is 23.1 Å². The zero-order chi connectivity index (χ0) is 22.2. The van der Waals surface area contributed by atoms with Crippen LogP contribution in [0.15, 0.2) is 67.1 Å². The van der Waals surface area contributed by atoms with Crippen LogP contribution >= 0.6 is 0 Å². The number of carbonyl (C=O) groups excluding carboxylic acids is 1. The Hall–Kier alpha value is -4.47. The molecule has 0 aliphatic heterocycles. The molecule has 0 radical (unpaired) electrons. The van der Waals surface area contributed by atoms with Gasteiger partial charge in [0.05, 0.1) is 11.4 Å². The Labute approximate surface area is 180 Å². The number of anilines is 1. The summed E-state index contributed by atoms with van der Waals surface area (Å²) in [5.41, 5.74) is 2.42. The number of hydrogen-bond donors (Lipinski definition) is 1. The van der Waals surface area contributed by atoms with E-state index in [-0.39, 0.29) is 11.4 Å². The third-order valence-electron chi connectivity index (χ3n) is 4.80. The van der Waals surface area contributed by atoms with Gasteiger partial charge in [-0.1, -0.05) is 12.1 Å². The first-order valence-electron chi connectivity index (χ1n) is 9.59. The first-order valence-corrected chi connectivity index (χ1v) is 9.59. The van der Waals surface area contributed by atoms with Crippen molar-refractivity contribution in [3.63, 3.8) is 0 Å². The molecule has 32 heavy (non-hydrogen) atoms. The van der Waals surface area contributed by atoms with Crippen LogP contribution in [0.4, 0.5) is 14.5 Å². The number of benzene rings is 1. The fourth-order valence-corrected chi connectivity index (χ4v) is 3.27. The van der Waals surface area contributed by atoms with Crippen LogP contribution < -0.4 is 5.32 Å². The zero-order valence-electron chi connectivity index (χ0n) is 16.7. The van der Waals surface area contributed by atoms with Gasteiger partial charge >= 0.3 is 0 Å². The lowest BCUT2D eigenvalue weighted by Gasteiger charge is -2.07. The van der Waals surface area contributed by atoms with Gasteiger partial charge in [0.15, 0.2) is 28.8 Å². The summed E-state index contributed by atoms with van der Waals surface area (Å²) in [4.78, 5) is 21.4. The number of halogens is 2. The molecule has 0 atom stereocenters. The van der Waals surface area contributed by atoms with Crippen molar-refractivity contribution < 1.29 is 13.6 Å². The number of rotatable bonds is 4. The predicted molar refractivity (Wildman–Crippen MR) is 112 cm³/mol. The summed E-state index contributed by atoms with van der Waals surface area (Å²) in [6.07, 6.45) is 3.19. The number of pyridine rings is 2. The van der Waals surface area contributed by atoms with E-state index in [0.717, 1.165) is 11.8 Å². The van der Waals surface area contributed by atoms with Crippen LogP contribution in [0.2, 0.25) is 0 Å². The number of fused-ring (bicyclic) bond motifs is 1. The maximum Gasteiger partial charge on any atom is 0.276 e. The normalized spacial score (nSPS) is 11.1. The number of nitrogens with zero attached hydrogens (tertiary/aromatic N) is 6. The molecule has 1 N–H and O–H groups in total. The van der Waals surface area contributed by atoms with E-state index in [1.807, 2.05) is 25.1 Å². The second-order valence-corrected chi connectivity index (χ2v) is 7.00. The molecule has 0 unspecified atom stereocenters. The maximum atomic E-state index is 14.0. The van der Waals surface area contributed by atoms with E-state index in [1.54, 1.807) is 28.9 Å². The van der Waals surface area contributed by atoms with E-state index in [2.05, 4.69) is 25.5 Å². The van der Waals surface area contributed by atoms with Crippen LogP contribution in [0, 0.1) is 18.6 Å². The quantitative estimate of drug-likeness (QED) is 0.467. The molecule has 4 aromatic heterocycles. The van der Waals surface area contributed by atoms with Crippen molar-refractivity contribution in [2.75, 3.05) is 5.32 Å². The Bertz CT molecular complexity index is 1470. The molecule has 0 saturated heterocycles. The van der Waals surface area contributed by atoms with E-state index >= 15 is 0 Å². The number of carbonyl (C=O) groups is 1. The summed E-state index contributed by atoms with van der Waals surface area (Å²) < 4.78 is 30.6. The lowest BCUT2D eigenvalue weighted by atomic mass is 10.2. The molecule has 0 bridgehead atoms. The minimum atomic E-state index is -1.14. The lowest BCUT2D eigenvalue weighted by molar-refractivity contribution is 0.102. The van der Waals surface area contributed by atoms with Crippen molar-refractivity contribution in [1.82, 2.24) is 29.4 Å². The Morgan fingerprint density at radius 1 is 1.06 bits per heavy atom. The van der Waals surface area contributed by atoms with Gasteiger partial charge in [-0.25, -0.2) is 27.9 Å². The van der Waals surface area contributed by atoms with Gasteiger partial charge in [-0.3, -0.25) is 4.79 Å². The van der Waals surface area contributed by atoms with Crippen molar-refractivity contribution in [3.8, 4) is 17.1 Å². The summed E-state index contributed by atoms with van der Waals surface area (Å²) in [5, 5.41) is 10.9. The third kappa shape index (κ3) is 3.47. The highest BCUT2D eigenvalue weighted by molar-refractivity contribution is 6.03. The van der Waals surface area contributed by atoms with Gasteiger partial charge in [0.2, 0.25) is 0 Å². The van der Waals surface area contributed by atoms with Gasteiger partial charge in [0.1, 0.15) is 6.33 Å². The maximum absolute atomic E-state index is 14.0. The second-order valence-electron chi connectivity index (χ2n) is 7.00. The number of amides is 1. The van der Waals surface area contributed by atoms with E-state index in [4.69, 9.17) is 0 Å². The van der Waals surface area contributed by atoms with Crippen molar-refractivity contribution >= 4 is 17.2 Å². The van der Waals surface area contributed by atoms with E-state index in [0.29, 0.717) is 22.7 Å². The fourth-order valence-electron chi connectivity index (χ4n) is 3.27. The summed E-state index contributed by atoms with van der Waals surface area (Å²) >= 11 is 0. The molecule has 158 valence electrons. The van der Waals surface area contributed by atoms with E-state index in [9.17, 15) is 13.6 Å². The molecule has 4 heterocycles. The summed E-state index contributed by atoms with van der Waals surface area (Å²) in [5.74, 6) is -2.39. The van der Waals surface area contributed by atoms with Crippen LogP contribution in [0.3, 0.4) is 0 Å². The van der Waals surface area contributed by atoms with Gasteiger partial charge in [0, 0.05) is 17.5 Å². The smallest absolute Gasteiger partial charge is 0.276 e. The molecule has 0 spiro atoms. The highest BCUT2D eigenvalue weighted by Gasteiger charge is 2.20. The summed E-state index contributed by atoms with van der Waals surface area (Å²) in [6, 6.07) is 14.1. The molecule has 0 saturated carbocycles. The average Bonchev–Trinajstić information content (AvgIpc) is 3.43. The lowest BCUT2D eigenvalue weighted by Crippen LogP contribution is -2.14. The molecular formula is C22H15F2N7O. The Morgan fingerprint density at radius 2 is 1.91 bits per heavy atom. The number of aryl methyl sites for hydroxylation is 1. The molecule has 0 fully saturated rings. The highest BCUT2D eigenvalue weighted by atomic mass is 19.2. The topological polar surface area (TPSA) is 90.0 Å². The zero-order valence-corrected chi connectivity index (χ0v) is 16.7. The molecule has 5 aromatic rings. The second kappa shape index (κ2) is 7.65. The molecule has 8 nitrogen and oxygen atoms in total. The predicted octanol–water partition coefficient (Wildman–Crippen LogP) is 3.82. The molecule has 0 aliphatic carbocycles. The number of nitrogens with one attached hydrogen (secondary N) is 1. The van der Waals surface area contributed by atoms with Crippen LogP contribution in [-0.2, 0) is 0 Å². The molecule has 1 amide bonds. The molecule has 1 aromatic carbocycles. The highest BCUT2D eigenvalue weighted by Crippen LogP contribution is 2.25. The first-order chi connectivity index (χ1) is 15.5. The third-order valence-corrected chi connectivity index (χ3v) is 4.80. The Morgan fingerprint density at radius 3 is 2.75 bits per heavy atom. The van der Waals surface area contributed by atoms with Gasteiger partial charge in [-0.15, -0.1) is 0 Å². The molecular weight excluding hydrogens is 416 g/mol. The van der Waals surface area contributed by atoms with Crippen molar-refractivity contribution in [1.29, 1.82) is 0 Å². The van der Waals surface area contributed by atoms with Crippen LogP contribution in [0.1, 0.15) is 16.2 Å². The first kappa shape index (κ1) is 19.5. The minimum Gasteiger partial charge on any atom is -0.318 e. The van der Waals surface area contributed by atoms with Gasteiger partial charge in [-0.2, -0.15) is 10.2 Å². The SMILES string of the molecule is Cc1cccc(-n2nc(C(=O)Nc3cccc(F)c3F)cc2-c2ccc3ncnn3c2)n1. The van der Waals surface area contributed by atoms with Gasteiger partial charge in [-0.05, 0) is 49.4 Å². The van der Waals surface area contributed by atoms with Crippen LogP contribution in [0.25, 0.3) is 22.7 Å². The van der Waals surface area contributed by atoms with Gasteiger partial charge < -0.3 is 5.32 Å².